The Morgan fingerprint density at radius 1 is 1.00 bits per heavy atom. The van der Waals surface area contributed by atoms with Crippen molar-refractivity contribution in [3.8, 4) is 23.0 Å². The molecule has 27 heavy (non-hydrogen) atoms. The second-order valence-electron chi connectivity index (χ2n) is 5.75. The molecule has 0 atom stereocenters. The minimum Gasteiger partial charge on any atom is -0.490 e. The van der Waals surface area contributed by atoms with Crippen molar-refractivity contribution in [1.29, 1.82) is 0 Å². The maximum Gasteiger partial charge on any atom is 0.248 e. The monoisotopic (exact) mass is 369 g/mol. The second kappa shape index (κ2) is 8.98. The van der Waals surface area contributed by atoms with Crippen LogP contribution in [0.2, 0.25) is 0 Å². The predicted octanol–water partition coefficient (Wildman–Crippen LogP) is 3.91. The Balaban J connectivity index is 1.66. The first-order chi connectivity index (χ1) is 13.2. The van der Waals surface area contributed by atoms with Gasteiger partial charge in [-0.25, -0.2) is 0 Å². The predicted molar refractivity (Wildman–Crippen MR) is 104 cm³/mol. The molecule has 0 aromatic heterocycles. The Hall–Kier alpha value is -3.15. The number of hydrogen-bond donors (Lipinski definition) is 1. The van der Waals surface area contributed by atoms with Crippen LogP contribution in [-0.2, 0) is 4.79 Å². The summed E-state index contributed by atoms with van der Waals surface area (Å²) in [6.45, 7) is 5.98. The Kier molecular flexibility index (Phi) is 6.20. The highest BCUT2D eigenvalue weighted by atomic mass is 16.6. The smallest absolute Gasteiger partial charge is 0.248 e. The summed E-state index contributed by atoms with van der Waals surface area (Å²) in [5, 5.41) is 2.82. The number of anilines is 1. The topological polar surface area (TPSA) is 66.0 Å². The number of ether oxygens (including phenoxy) is 4. The van der Waals surface area contributed by atoms with Gasteiger partial charge in [0.1, 0.15) is 13.2 Å². The zero-order valence-corrected chi connectivity index (χ0v) is 15.5. The molecule has 6 nitrogen and oxygen atoms in total. The molecule has 2 aromatic carbocycles. The van der Waals surface area contributed by atoms with E-state index >= 15 is 0 Å². The third-order valence-electron chi connectivity index (χ3n) is 3.80. The highest BCUT2D eigenvalue weighted by Gasteiger charge is 2.12. The molecule has 142 valence electrons. The summed E-state index contributed by atoms with van der Waals surface area (Å²) >= 11 is 0. The molecule has 1 aliphatic heterocycles. The molecule has 2 aromatic rings. The van der Waals surface area contributed by atoms with Gasteiger partial charge in [-0.3, -0.25) is 4.79 Å². The van der Waals surface area contributed by atoms with Crippen LogP contribution in [0.15, 0.2) is 42.5 Å². The fourth-order valence-corrected chi connectivity index (χ4v) is 2.65. The first kappa shape index (κ1) is 18.6. The molecule has 1 heterocycles. The lowest BCUT2D eigenvalue weighted by Gasteiger charge is -2.18. The van der Waals surface area contributed by atoms with Crippen molar-refractivity contribution in [3.63, 3.8) is 0 Å². The number of carbonyl (C=O) groups excluding carboxylic acids is 1. The summed E-state index contributed by atoms with van der Waals surface area (Å²) in [5.74, 6) is 2.44. The summed E-state index contributed by atoms with van der Waals surface area (Å²) in [4.78, 5) is 12.2. The molecular formula is C21H23NO5. The maximum absolute atomic E-state index is 12.2. The average Bonchev–Trinajstić information content (AvgIpc) is 2.68. The Morgan fingerprint density at radius 3 is 2.52 bits per heavy atom. The van der Waals surface area contributed by atoms with Gasteiger partial charge in [0.05, 0.1) is 13.2 Å². The van der Waals surface area contributed by atoms with E-state index in [9.17, 15) is 4.79 Å². The number of carbonyl (C=O) groups is 1. The van der Waals surface area contributed by atoms with Crippen LogP contribution in [0.25, 0.3) is 6.08 Å². The van der Waals surface area contributed by atoms with Gasteiger partial charge in [0.25, 0.3) is 0 Å². The number of rotatable bonds is 7. The van der Waals surface area contributed by atoms with Gasteiger partial charge < -0.3 is 24.3 Å². The molecule has 0 bridgehead atoms. The van der Waals surface area contributed by atoms with Gasteiger partial charge in [-0.15, -0.1) is 0 Å². The van der Waals surface area contributed by atoms with Crippen LogP contribution in [0.3, 0.4) is 0 Å². The van der Waals surface area contributed by atoms with E-state index in [1.54, 1.807) is 24.3 Å². The van der Waals surface area contributed by atoms with Crippen LogP contribution in [0.4, 0.5) is 5.69 Å². The van der Waals surface area contributed by atoms with Gasteiger partial charge in [-0.05, 0) is 49.8 Å². The largest absolute Gasteiger partial charge is 0.490 e. The summed E-state index contributed by atoms with van der Waals surface area (Å²) in [6, 6.07) is 10.9. The molecule has 0 aliphatic carbocycles. The van der Waals surface area contributed by atoms with Crippen LogP contribution in [0.5, 0.6) is 23.0 Å². The lowest BCUT2D eigenvalue weighted by Crippen LogP contribution is -2.16. The fourth-order valence-electron chi connectivity index (χ4n) is 2.65. The summed E-state index contributed by atoms with van der Waals surface area (Å²) in [6.07, 6.45) is 3.20. The van der Waals surface area contributed by atoms with E-state index in [0.29, 0.717) is 55.1 Å². The summed E-state index contributed by atoms with van der Waals surface area (Å²) in [5.41, 5.74) is 1.50. The number of amides is 1. The number of hydrogen-bond acceptors (Lipinski definition) is 5. The van der Waals surface area contributed by atoms with Gasteiger partial charge in [-0.1, -0.05) is 6.07 Å². The van der Waals surface area contributed by atoms with Crippen molar-refractivity contribution in [2.75, 3.05) is 31.7 Å². The van der Waals surface area contributed by atoms with Crippen LogP contribution in [0, 0.1) is 0 Å². The molecule has 0 saturated carbocycles. The number of nitrogens with one attached hydrogen (secondary N) is 1. The molecule has 0 unspecified atom stereocenters. The van der Waals surface area contributed by atoms with Gasteiger partial charge in [-0.2, -0.15) is 0 Å². The van der Waals surface area contributed by atoms with E-state index < -0.39 is 0 Å². The van der Waals surface area contributed by atoms with Gasteiger partial charge >= 0.3 is 0 Å². The van der Waals surface area contributed by atoms with E-state index in [4.69, 9.17) is 18.9 Å². The molecule has 1 amide bonds. The summed E-state index contributed by atoms with van der Waals surface area (Å²) < 4.78 is 22.1. The molecule has 1 aliphatic rings. The van der Waals surface area contributed by atoms with Crippen LogP contribution < -0.4 is 24.3 Å². The van der Waals surface area contributed by atoms with Gasteiger partial charge in [0, 0.05) is 17.8 Å². The van der Waals surface area contributed by atoms with Crippen molar-refractivity contribution < 1.29 is 23.7 Å². The zero-order valence-electron chi connectivity index (χ0n) is 15.5. The maximum atomic E-state index is 12.2. The van der Waals surface area contributed by atoms with E-state index in [0.717, 1.165) is 5.56 Å². The normalized spacial score (nSPS) is 12.7. The van der Waals surface area contributed by atoms with Crippen molar-refractivity contribution in [2.24, 2.45) is 0 Å². The molecule has 3 rings (SSSR count). The van der Waals surface area contributed by atoms with E-state index in [2.05, 4.69) is 5.32 Å². The lowest BCUT2D eigenvalue weighted by molar-refractivity contribution is -0.111. The van der Waals surface area contributed by atoms with E-state index in [1.807, 2.05) is 32.0 Å². The molecule has 6 heteroatoms. The van der Waals surface area contributed by atoms with Crippen molar-refractivity contribution >= 4 is 17.7 Å². The highest BCUT2D eigenvalue weighted by Crippen LogP contribution is 2.32. The van der Waals surface area contributed by atoms with Crippen LogP contribution >= 0.6 is 0 Å². The van der Waals surface area contributed by atoms with Crippen molar-refractivity contribution in [1.82, 2.24) is 0 Å². The standard InChI is InChI=1S/C21H23NO5/c1-3-24-17-8-5-15(13-19(17)25-4-2)6-10-21(23)22-16-7-9-18-20(14-16)27-12-11-26-18/h5-10,13-14H,3-4,11-12H2,1-2H3,(H,22,23). The van der Waals surface area contributed by atoms with E-state index in [-0.39, 0.29) is 5.91 Å². The Bertz CT molecular complexity index is 831. The van der Waals surface area contributed by atoms with Gasteiger partial charge in [0.2, 0.25) is 5.91 Å². The number of benzene rings is 2. The summed E-state index contributed by atoms with van der Waals surface area (Å²) in [7, 11) is 0. The molecule has 0 spiro atoms. The highest BCUT2D eigenvalue weighted by molar-refractivity contribution is 6.02. The minimum absolute atomic E-state index is 0.237. The molecule has 1 N–H and O–H groups in total. The first-order valence-corrected chi connectivity index (χ1v) is 8.98. The SMILES string of the molecule is CCOc1ccc(C=CC(=O)Nc2ccc3c(c2)OCCO3)cc1OCC. The minimum atomic E-state index is -0.237. The van der Waals surface area contributed by atoms with Crippen LogP contribution in [0.1, 0.15) is 19.4 Å². The number of fused-ring (bicyclic) bond motifs is 1. The Morgan fingerprint density at radius 2 is 1.74 bits per heavy atom. The van der Waals surface area contributed by atoms with Crippen molar-refractivity contribution in [3.05, 3.63) is 48.0 Å². The fraction of sp³-hybridized carbons (Fsp3) is 0.286. The molecular weight excluding hydrogens is 346 g/mol. The molecule has 0 fully saturated rings. The lowest BCUT2D eigenvalue weighted by atomic mass is 10.2. The first-order valence-electron chi connectivity index (χ1n) is 8.98. The quantitative estimate of drug-likeness (QED) is 0.750. The van der Waals surface area contributed by atoms with Crippen LogP contribution in [-0.4, -0.2) is 32.3 Å². The second-order valence-corrected chi connectivity index (χ2v) is 5.75. The molecule has 0 radical (unpaired) electrons. The van der Waals surface area contributed by atoms with Gasteiger partial charge in [0.15, 0.2) is 23.0 Å². The van der Waals surface area contributed by atoms with Crippen molar-refractivity contribution in [2.45, 2.75) is 13.8 Å². The van der Waals surface area contributed by atoms with E-state index in [1.165, 1.54) is 6.08 Å². The third kappa shape index (κ3) is 4.94. The average molecular weight is 369 g/mol. The zero-order chi connectivity index (χ0) is 19.1. The third-order valence-corrected chi connectivity index (χ3v) is 3.80. The molecule has 0 saturated heterocycles. The Labute approximate surface area is 158 Å².